The van der Waals surface area contributed by atoms with Crippen molar-refractivity contribution in [1.82, 2.24) is 10.0 Å². The Morgan fingerprint density at radius 3 is 2.52 bits per heavy atom. The number of hydrogen-bond donors (Lipinski definition) is 2. The fourth-order valence-corrected chi connectivity index (χ4v) is 5.41. The number of fused-ring (bicyclic) bond motifs is 2. The number of carbonyl (C=O) groups excluding carboxylic acids is 2. The first-order valence-corrected chi connectivity index (χ1v) is 12.3. The zero-order valence-corrected chi connectivity index (χ0v) is 19.2. The van der Waals surface area contributed by atoms with E-state index in [4.69, 9.17) is 0 Å². The molecular weight excluding hydrogens is 440 g/mol. The predicted octanol–water partition coefficient (Wildman–Crippen LogP) is 2.51. The van der Waals surface area contributed by atoms with E-state index in [9.17, 15) is 18.0 Å². The van der Waals surface area contributed by atoms with Crippen molar-refractivity contribution in [1.29, 1.82) is 0 Å². The molecule has 3 aromatic carbocycles. The van der Waals surface area contributed by atoms with Gasteiger partial charge in [0.2, 0.25) is 15.9 Å². The fourth-order valence-electron chi connectivity index (χ4n) is 4.14. The molecule has 33 heavy (non-hydrogen) atoms. The molecule has 8 heteroatoms. The molecule has 0 saturated carbocycles. The number of hydrogen-bond acceptors (Lipinski definition) is 5. The highest BCUT2D eigenvalue weighted by molar-refractivity contribution is 7.89. The van der Waals surface area contributed by atoms with Crippen molar-refractivity contribution >= 4 is 32.7 Å². The van der Waals surface area contributed by atoms with Crippen LogP contribution in [0.25, 0.3) is 10.8 Å². The van der Waals surface area contributed by atoms with Crippen molar-refractivity contribution in [3.8, 4) is 0 Å². The lowest BCUT2D eigenvalue weighted by molar-refractivity contribution is -0.140. The van der Waals surface area contributed by atoms with Gasteiger partial charge in [0.1, 0.15) is 0 Å². The van der Waals surface area contributed by atoms with E-state index in [0.29, 0.717) is 12.8 Å². The smallest absolute Gasteiger partial charge is 0.307 e. The third-order valence-electron chi connectivity index (χ3n) is 5.80. The van der Waals surface area contributed by atoms with Gasteiger partial charge < -0.3 is 10.1 Å². The minimum absolute atomic E-state index is 0.130. The third-order valence-corrected chi connectivity index (χ3v) is 7.32. The summed E-state index contributed by atoms with van der Waals surface area (Å²) in [7, 11) is -2.34. The topological polar surface area (TPSA) is 102 Å². The van der Waals surface area contributed by atoms with Gasteiger partial charge in [-0.05, 0) is 52.4 Å². The number of amides is 1. The fraction of sp³-hybridized carbons (Fsp3) is 0.280. The summed E-state index contributed by atoms with van der Waals surface area (Å²) in [6.45, 7) is 0.231. The molecule has 172 valence electrons. The maximum atomic E-state index is 13.0. The molecule has 0 spiro atoms. The van der Waals surface area contributed by atoms with E-state index < -0.39 is 10.0 Å². The zero-order valence-electron chi connectivity index (χ0n) is 18.3. The average Bonchev–Trinajstić information content (AvgIpc) is 3.19. The molecule has 4 rings (SSSR count). The summed E-state index contributed by atoms with van der Waals surface area (Å²) < 4.78 is 33.3. The Bertz CT molecular complexity index is 1300. The van der Waals surface area contributed by atoms with Gasteiger partial charge in [-0.15, -0.1) is 0 Å². The van der Waals surface area contributed by atoms with Crippen molar-refractivity contribution in [2.75, 3.05) is 13.7 Å². The summed E-state index contributed by atoms with van der Waals surface area (Å²) in [5.74, 6) is -0.546. The van der Waals surface area contributed by atoms with Crippen LogP contribution in [-0.2, 0) is 43.6 Å². The Kier molecular flexibility index (Phi) is 6.76. The molecule has 0 bridgehead atoms. The summed E-state index contributed by atoms with van der Waals surface area (Å²) in [6.07, 6.45) is 1.50. The number of nitrogens with one attached hydrogen (secondary N) is 2. The van der Waals surface area contributed by atoms with Gasteiger partial charge in [-0.25, -0.2) is 13.1 Å². The van der Waals surface area contributed by atoms with Crippen LogP contribution in [0, 0.1) is 0 Å². The highest BCUT2D eigenvalue weighted by atomic mass is 32.2. The van der Waals surface area contributed by atoms with Crippen molar-refractivity contribution in [2.24, 2.45) is 0 Å². The summed E-state index contributed by atoms with van der Waals surface area (Å²) in [5.41, 5.74) is 2.97. The van der Waals surface area contributed by atoms with Gasteiger partial charge in [-0.3, -0.25) is 9.59 Å². The van der Waals surface area contributed by atoms with Crippen LogP contribution >= 0.6 is 0 Å². The molecule has 0 heterocycles. The standard InChI is InChI=1S/C25H26N2O5S/c1-32-25(29)10-11-26-24(28)13-17-6-7-20-14-22(15-21(20)12-17)27-33(30,31)23-9-8-18-4-2-3-5-19(18)16-23/h2-9,12,16,22,27H,10-11,13-15H2,1H3,(H,26,28). The number of methoxy groups -OCH3 is 1. The lowest BCUT2D eigenvalue weighted by atomic mass is 10.0. The number of carbonyl (C=O) groups is 2. The normalized spacial score (nSPS) is 15.2. The van der Waals surface area contributed by atoms with Crippen LogP contribution in [0.3, 0.4) is 0 Å². The summed E-state index contributed by atoms with van der Waals surface area (Å²) >= 11 is 0. The van der Waals surface area contributed by atoms with Crippen molar-refractivity contribution in [3.05, 3.63) is 77.4 Å². The number of ether oxygens (including phenoxy) is 1. The highest BCUT2D eigenvalue weighted by Crippen LogP contribution is 2.26. The van der Waals surface area contributed by atoms with E-state index in [2.05, 4.69) is 14.8 Å². The van der Waals surface area contributed by atoms with E-state index in [0.717, 1.165) is 27.5 Å². The van der Waals surface area contributed by atoms with Gasteiger partial charge in [0, 0.05) is 12.6 Å². The summed E-state index contributed by atoms with van der Waals surface area (Å²) in [5, 5.41) is 4.57. The van der Waals surface area contributed by atoms with Gasteiger partial charge in [-0.1, -0.05) is 48.5 Å². The van der Waals surface area contributed by atoms with Gasteiger partial charge in [0.15, 0.2) is 0 Å². The Morgan fingerprint density at radius 2 is 1.73 bits per heavy atom. The molecule has 2 N–H and O–H groups in total. The second-order valence-electron chi connectivity index (χ2n) is 8.19. The Balaban J connectivity index is 1.37. The number of esters is 1. The number of sulfonamides is 1. The van der Waals surface area contributed by atoms with Crippen molar-refractivity contribution in [3.63, 3.8) is 0 Å². The van der Waals surface area contributed by atoms with Crippen LogP contribution in [0.5, 0.6) is 0 Å². The molecule has 1 unspecified atom stereocenters. The maximum Gasteiger partial charge on any atom is 0.307 e. The highest BCUT2D eigenvalue weighted by Gasteiger charge is 2.27. The molecule has 0 aromatic heterocycles. The van der Waals surface area contributed by atoms with E-state index in [-0.39, 0.29) is 42.2 Å². The zero-order chi connectivity index (χ0) is 23.4. The largest absolute Gasteiger partial charge is 0.469 e. The van der Waals surface area contributed by atoms with E-state index in [1.54, 1.807) is 12.1 Å². The van der Waals surface area contributed by atoms with Gasteiger partial charge in [0.05, 0.1) is 24.8 Å². The quantitative estimate of drug-likeness (QED) is 0.497. The summed E-state index contributed by atoms with van der Waals surface area (Å²) in [4.78, 5) is 23.5. The molecule has 0 saturated heterocycles. The van der Waals surface area contributed by atoms with Gasteiger partial charge in [0.25, 0.3) is 0 Å². The average molecular weight is 467 g/mol. The lowest BCUT2D eigenvalue weighted by Gasteiger charge is -2.13. The first-order chi connectivity index (χ1) is 15.8. The summed E-state index contributed by atoms with van der Waals surface area (Å²) in [6, 6.07) is 18.4. The van der Waals surface area contributed by atoms with Crippen LogP contribution in [-0.4, -0.2) is 40.0 Å². The van der Waals surface area contributed by atoms with Crippen molar-refractivity contribution < 1.29 is 22.7 Å². The maximum absolute atomic E-state index is 13.0. The van der Waals surface area contributed by atoms with Crippen LogP contribution in [0.2, 0.25) is 0 Å². The first kappa shape index (κ1) is 22.9. The Labute approximate surface area is 193 Å². The van der Waals surface area contributed by atoms with E-state index >= 15 is 0 Å². The van der Waals surface area contributed by atoms with Crippen molar-refractivity contribution in [2.45, 2.75) is 36.6 Å². The molecule has 1 aliphatic carbocycles. The molecule has 7 nitrogen and oxygen atoms in total. The second kappa shape index (κ2) is 9.72. The van der Waals surface area contributed by atoms with Gasteiger partial charge in [-0.2, -0.15) is 0 Å². The van der Waals surface area contributed by atoms with E-state index in [1.807, 2.05) is 48.5 Å². The molecule has 1 amide bonds. The SMILES string of the molecule is COC(=O)CCNC(=O)Cc1ccc2c(c1)CC(NS(=O)(=O)c1ccc3ccccc3c1)C2. The second-order valence-corrected chi connectivity index (χ2v) is 9.91. The third kappa shape index (κ3) is 5.58. The number of benzene rings is 3. The Hall–Kier alpha value is -3.23. The molecular formula is C25H26N2O5S. The van der Waals surface area contributed by atoms with E-state index in [1.165, 1.54) is 7.11 Å². The van der Waals surface area contributed by atoms with Gasteiger partial charge >= 0.3 is 5.97 Å². The van der Waals surface area contributed by atoms with Crippen LogP contribution < -0.4 is 10.0 Å². The van der Waals surface area contributed by atoms with Crippen LogP contribution in [0.4, 0.5) is 0 Å². The molecule has 1 aliphatic rings. The molecule has 3 aromatic rings. The Morgan fingerprint density at radius 1 is 0.970 bits per heavy atom. The lowest BCUT2D eigenvalue weighted by Crippen LogP contribution is -2.35. The monoisotopic (exact) mass is 466 g/mol. The minimum atomic E-state index is -3.65. The molecule has 1 atom stereocenters. The van der Waals surface area contributed by atoms with Crippen LogP contribution in [0.15, 0.2) is 65.6 Å². The molecule has 0 fully saturated rings. The minimum Gasteiger partial charge on any atom is -0.469 e. The molecule has 0 radical (unpaired) electrons. The predicted molar refractivity (Wildman–Crippen MR) is 125 cm³/mol. The molecule has 0 aliphatic heterocycles. The first-order valence-electron chi connectivity index (χ1n) is 10.8. The number of rotatable bonds is 8. The van der Waals surface area contributed by atoms with Crippen LogP contribution in [0.1, 0.15) is 23.1 Å².